The Morgan fingerprint density at radius 2 is 1.97 bits per heavy atom. The van der Waals surface area contributed by atoms with Crippen molar-refractivity contribution in [1.29, 1.82) is 0 Å². The van der Waals surface area contributed by atoms with Crippen LogP contribution in [0.3, 0.4) is 0 Å². The molecule has 186 valence electrons. The number of benzene rings is 1. The number of ether oxygens (including phenoxy) is 2. The molecule has 3 heterocycles. The van der Waals surface area contributed by atoms with Gasteiger partial charge >= 0.3 is 6.18 Å². The first-order valence-electron chi connectivity index (χ1n) is 10.8. The van der Waals surface area contributed by atoms with Crippen LogP contribution in [0.15, 0.2) is 42.7 Å². The fraction of sp³-hybridized carbons (Fsp3) is 0.364. The first-order valence-corrected chi connectivity index (χ1v) is 10.8. The topological polar surface area (TPSA) is 104 Å². The van der Waals surface area contributed by atoms with Crippen LogP contribution >= 0.6 is 0 Å². The van der Waals surface area contributed by atoms with Crippen LogP contribution in [-0.4, -0.2) is 62.6 Å². The Hall–Kier alpha value is -3.87. The van der Waals surface area contributed by atoms with E-state index in [0.717, 1.165) is 12.1 Å². The number of morpholine rings is 1. The molecule has 0 bridgehead atoms. The highest BCUT2D eigenvalue weighted by molar-refractivity contribution is 6.07. The first-order chi connectivity index (χ1) is 16.8. The third-order valence-electron chi connectivity index (χ3n) is 5.29. The summed E-state index contributed by atoms with van der Waals surface area (Å²) < 4.78 is 52.0. The van der Waals surface area contributed by atoms with Crippen molar-refractivity contribution in [2.45, 2.75) is 26.4 Å². The van der Waals surface area contributed by atoms with E-state index in [-0.39, 0.29) is 35.5 Å². The number of rotatable bonds is 7. The fourth-order valence-electron chi connectivity index (χ4n) is 3.50. The zero-order chi connectivity index (χ0) is 25.0. The van der Waals surface area contributed by atoms with Crippen LogP contribution in [0.5, 0.6) is 5.75 Å². The standard InChI is InChI=1S/C22H23F3N6O4/c1-2-31-19(21(33)29-8-10-34-11-9-29)18(13-26-31)27-20(32)17-6-7-30(28-17)14-35-16-5-3-4-15(12-16)22(23,24)25/h3-7,12-13H,2,8-11,14H2,1H3,(H,27,32). The lowest BCUT2D eigenvalue weighted by atomic mass is 10.2. The molecule has 0 atom stereocenters. The number of alkyl halides is 3. The van der Waals surface area contributed by atoms with Gasteiger partial charge in [0.05, 0.1) is 30.7 Å². The SMILES string of the molecule is CCn1ncc(NC(=O)c2ccn(COc3cccc(C(F)(F)F)c3)n2)c1C(=O)N1CCOCC1. The van der Waals surface area contributed by atoms with Crippen LogP contribution < -0.4 is 10.1 Å². The summed E-state index contributed by atoms with van der Waals surface area (Å²) in [5, 5.41) is 11.0. The maximum Gasteiger partial charge on any atom is 0.416 e. The highest BCUT2D eigenvalue weighted by Gasteiger charge is 2.30. The molecule has 10 nitrogen and oxygen atoms in total. The first kappa shape index (κ1) is 24.3. The van der Waals surface area contributed by atoms with E-state index < -0.39 is 17.6 Å². The number of aryl methyl sites for hydroxylation is 1. The van der Waals surface area contributed by atoms with Gasteiger partial charge in [0.15, 0.2) is 12.4 Å². The third-order valence-corrected chi connectivity index (χ3v) is 5.29. The highest BCUT2D eigenvalue weighted by Crippen LogP contribution is 2.31. The molecule has 4 rings (SSSR count). The monoisotopic (exact) mass is 492 g/mol. The highest BCUT2D eigenvalue weighted by atomic mass is 19.4. The minimum Gasteiger partial charge on any atom is -0.471 e. The van der Waals surface area contributed by atoms with Gasteiger partial charge in [-0.2, -0.15) is 23.4 Å². The van der Waals surface area contributed by atoms with Gasteiger partial charge < -0.3 is 19.7 Å². The number of hydrogen-bond acceptors (Lipinski definition) is 6. The van der Waals surface area contributed by atoms with Crippen molar-refractivity contribution >= 4 is 17.5 Å². The quantitative estimate of drug-likeness (QED) is 0.544. The minimum absolute atomic E-state index is 0.0135. The maximum absolute atomic E-state index is 13.0. The lowest BCUT2D eigenvalue weighted by Crippen LogP contribution is -2.41. The third kappa shape index (κ3) is 5.62. The van der Waals surface area contributed by atoms with E-state index in [0.29, 0.717) is 32.8 Å². The smallest absolute Gasteiger partial charge is 0.416 e. The summed E-state index contributed by atoms with van der Waals surface area (Å²) in [6, 6.07) is 5.90. The van der Waals surface area contributed by atoms with Crippen LogP contribution in [0, 0.1) is 0 Å². The van der Waals surface area contributed by atoms with Crippen molar-refractivity contribution in [1.82, 2.24) is 24.5 Å². The molecule has 1 fully saturated rings. The Morgan fingerprint density at radius 3 is 2.69 bits per heavy atom. The second-order valence-corrected chi connectivity index (χ2v) is 7.62. The summed E-state index contributed by atoms with van der Waals surface area (Å²) in [7, 11) is 0. The van der Waals surface area contributed by atoms with E-state index in [2.05, 4.69) is 15.5 Å². The number of carbonyl (C=O) groups is 2. The molecular formula is C22H23F3N6O4. The summed E-state index contributed by atoms with van der Waals surface area (Å²) >= 11 is 0. The number of amides is 2. The van der Waals surface area contributed by atoms with Gasteiger partial charge in [-0.1, -0.05) is 6.07 Å². The maximum atomic E-state index is 13.0. The molecule has 35 heavy (non-hydrogen) atoms. The number of nitrogens with one attached hydrogen (secondary N) is 1. The van der Waals surface area contributed by atoms with Crippen molar-refractivity contribution in [2.24, 2.45) is 0 Å². The molecular weight excluding hydrogens is 469 g/mol. The molecule has 1 aliphatic heterocycles. The van der Waals surface area contributed by atoms with E-state index in [9.17, 15) is 22.8 Å². The zero-order valence-corrected chi connectivity index (χ0v) is 18.8. The number of anilines is 1. The summed E-state index contributed by atoms with van der Waals surface area (Å²) in [5.74, 6) is -0.822. The van der Waals surface area contributed by atoms with Gasteiger partial charge in [0, 0.05) is 25.8 Å². The Bertz CT molecular complexity index is 1200. The second kappa shape index (κ2) is 10.2. The van der Waals surface area contributed by atoms with Crippen molar-refractivity contribution in [2.75, 3.05) is 31.6 Å². The van der Waals surface area contributed by atoms with Crippen molar-refractivity contribution in [3.8, 4) is 5.75 Å². The van der Waals surface area contributed by atoms with Crippen LogP contribution in [-0.2, 0) is 24.2 Å². The van der Waals surface area contributed by atoms with E-state index in [1.54, 1.807) is 4.90 Å². The van der Waals surface area contributed by atoms with Crippen molar-refractivity contribution < 1.29 is 32.2 Å². The predicted molar refractivity (Wildman–Crippen MR) is 117 cm³/mol. The van der Waals surface area contributed by atoms with Crippen LogP contribution in [0.1, 0.15) is 33.5 Å². The molecule has 0 unspecified atom stereocenters. The number of halogens is 3. The van der Waals surface area contributed by atoms with Gasteiger partial charge in [0.25, 0.3) is 11.8 Å². The molecule has 1 saturated heterocycles. The fourth-order valence-corrected chi connectivity index (χ4v) is 3.50. The zero-order valence-electron chi connectivity index (χ0n) is 18.8. The largest absolute Gasteiger partial charge is 0.471 e. The van der Waals surface area contributed by atoms with E-state index in [1.807, 2.05) is 6.92 Å². The average Bonchev–Trinajstić information content (AvgIpc) is 3.49. The normalized spacial score (nSPS) is 14.1. The van der Waals surface area contributed by atoms with Gasteiger partial charge in [0.1, 0.15) is 11.4 Å². The number of hydrogen-bond donors (Lipinski definition) is 1. The molecule has 1 aromatic carbocycles. The molecule has 13 heteroatoms. The molecule has 0 radical (unpaired) electrons. The van der Waals surface area contributed by atoms with Crippen molar-refractivity contribution in [3.05, 3.63) is 59.7 Å². The van der Waals surface area contributed by atoms with Gasteiger partial charge in [-0.25, -0.2) is 4.68 Å². The summed E-state index contributed by atoms with van der Waals surface area (Å²) in [6.45, 7) is 3.82. The number of carbonyl (C=O) groups excluding carboxylic acids is 2. The summed E-state index contributed by atoms with van der Waals surface area (Å²) in [4.78, 5) is 27.5. The Morgan fingerprint density at radius 1 is 1.20 bits per heavy atom. The minimum atomic E-state index is -4.48. The van der Waals surface area contributed by atoms with E-state index in [4.69, 9.17) is 9.47 Å². The second-order valence-electron chi connectivity index (χ2n) is 7.62. The van der Waals surface area contributed by atoms with Crippen LogP contribution in [0.25, 0.3) is 0 Å². The molecule has 0 aliphatic carbocycles. The number of nitrogens with zero attached hydrogens (tertiary/aromatic N) is 5. The molecule has 2 aromatic heterocycles. The van der Waals surface area contributed by atoms with Crippen LogP contribution in [0.4, 0.5) is 18.9 Å². The molecule has 0 spiro atoms. The van der Waals surface area contributed by atoms with Gasteiger partial charge in [-0.3, -0.25) is 14.3 Å². The molecule has 3 aromatic rings. The molecule has 0 saturated carbocycles. The Balaban J connectivity index is 1.42. The lowest BCUT2D eigenvalue weighted by Gasteiger charge is -2.27. The predicted octanol–water partition coefficient (Wildman–Crippen LogP) is 2.88. The van der Waals surface area contributed by atoms with E-state index in [1.165, 1.54) is 40.0 Å². The number of aromatic nitrogens is 4. The van der Waals surface area contributed by atoms with Crippen molar-refractivity contribution in [3.63, 3.8) is 0 Å². The Labute approximate surface area is 198 Å². The van der Waals surface area contributed by atoms with Gasteiger partial charge in [-0.05, 0) is 31.2 Å². The van der Waals surface area contributed by atoms with Crippen LogP contribution in [0.2, 0.25) is 0 Å². The molecule has 1 aliphatic rings. The lowest BCUT2D eigenvalue weighted by molar-refractivity contribution is -0.137. The summed E-state index contributed by atoms with van der Waals surface area (Å²) in [5.41, 5.74) is -0.282. The molecule has 1 N–H and O–H groups in total. The molecule has 2 amide bonds. The van der Waals surface area contributed by atoms with Gasteiger partial charge in [0.2, 0.25) is 0 Å². The average molecular weight is 492 g/mol. The van der Waals surface area contributed by atoms with E-state index >= 15 is 0 Å². The summed E-state index contributed by atoms with van der Waals surface area (Å²) in [6.07, 6.45) is -1.62. The Kier molecular flexibility index (Phi) is 7.05. The van der Waals surface area contributed by atoms with Gasteiger partial charge in [-0.15, -0.1) is 0 Å².